The second-order valence-corrected chi connectivity index (χ2v) is 9.79. The van der Waals surface area contributed by atoms with Crippen LogP contribution in [0.3, 0.4) is 0 Å². The fourth-order valence-electron chi connectivity index (χ4n) is 3.54. The molecule has 1 amide bonds. The maximum Gasteiger partial charge on any atom is 0.243 e. The number of nitrogens with zero attached hydrogens (tertiary/aromatic N) is 1. The standard InChI is InChI=1S/C23H30N2O4S/c1-18(2)19-8-10-22(11-9-19)30(27,28)25-15-12-20(13-16-25)23(26)24-14-17-29-21-6-4-3-5-7-21/h3-11,18,20H,12-17H2,1-2H3,(H,24,26). The normalized spacial score (nSPS) is 15.8. The van der Waals surface area contributed by atoms with E-state index >= 15 is 0 Å². The number of amides is 1. The van der Waals surface area contributed by atoms with E-state index < -0.39 is 10.0 Å². The van der Waals surface area contributed by atoms with Crippen molar-refractivity contribution in [1.29, 1.82) is 0 Å². The van der Waals surface area contributed by atoms with Crippen molar-refractivity contribution >= 4 is 15.9 Å². The average molecular weight is 431 g/mol. The number of carbonyl (C=O) groups is 1. The van der Waals surface area contributed by atoms with E-state index in [1.807, 2.05) is 42.5 Å². The molecule has 0 aliphatic carbocycles. The Bertz CT molecular complexity index is 919. The Morgan fingerprint density at radius 3 is 2.30 bits per heavy atom. The number of carbonyl (C=O) groups excluding carboxylic acids is 1. The van der Waals surface area contributed by atoms with Crippen LogP contribution in [0.2, 0.25) is 0 Å². The van der Waals surface area contributed by atoms with Gasteiger partial charge in [-0.3, -0.25) is 4.79 Å². The molecule has 0 unspecified atom stereocenters. The van der Waals surface area contributed by atoms with E-state index in [9.17, 15) is 13.2 Å². The molecule has 0 saturated carbocycles. The van der Waals surface area contributed by atoms with Gasteiger partial charge in [-0.25, -0.2) is 8.42 Å². The molecule has 2 aromatic carbocycles. The maximum absolute atomic E-state index is 12.9. The van der Waals surface area contributed by atoms with Crippen LogP contribution in [0.15, 0.2) is 59.5 Å². The van der Waals surface area contributed by atoms with Crippen LogP contribution < -0.4 is 10.1 Å². The van der Waals surface area contributed by atoms with Gasteiger partial charge in [0.25, 0.3) is 0 Å². The third-order valence-corrected chi connectivity index (χ3v) is 7.34. The second-order valence-electron chi connectivity index (χ2n) is 7.85. The van der Waals surface area contributed by atoms with Crippen LogP contribution >= 0.6 is 0 Å². The molecular weight excluding hydrogens is 400 g/mol. The van der Waals surface area contributed by atoms with Gasteiger partial charge < -0.3 is 10.1 Å². The maximum atomic E-state index is 12.9. The molecular formula is C23H30N2O4S. The lowest BCUT2D eigenvalue weighted by Gasteiger charge is -2.30. The van der Waals surface area contributed by atoms with Crippen molar-refractivity contribution in [3.8, 4) is 5.75 Å². The Morgan fingerprint density at radius 2 is 1.70 bits per heavy atom. The van der Waals surface area contributed by atoms with Crippen molar-refractivity contribution in [2.45, 2.75) is 37.5 Å². The predicted molar refractivity (Wildman–Crippen MR) is 117 cm³/mol. The van der Waals surface area contributed by atoms with Crippen molar-refractivity contribution in [2.24, 2.45) is 5.92 Å². The number of benzene rings is 2. The summed E-state index contributed by atoms with van der Waals surface area (Å²) in [7, 11) is -3.52. The first-order chi connectivity index (χ1) is 14.4. The lowest BCUT2D eigenvalue weighted by molar-refractivity contribution is -0.126. The Kier molecular flexibility index (Phi) is 7.50. The van der Waals surface area contributed by atoms with Crippen LogP contribution in [0.4, 0.5) is 0 Å². The van der Waals surface area contributed by atoms with Crippen LogP contribution in [-0.2, 0) is 14.8 Å². The quantitative estimate of drug-likeness (QED) is 0.651. The van der Waals surface area contributed by atoms with Gasteiger partial charge in [0.15, 0.2) is 0 Å². The van der Waals surface area contributed by atoms with Crippen LogP contribution in [0.1, 0.15) is 38.2 Å². The van der Waals surface area contributed by atoms with Crippen LogP contribution in [-0.4, -0.2) is 44.9 Å². The van der Waals surface area contributed by atoms with Crippen molar-refractivity contribution in [3.63, 3.8) is 0 Å². The third-order valence-electron chi connectivity index (χ3n) is 5.42. The molecule has 6 nitrogen and oxygen atoms in total. The van der Waals surface area contributed by atoms with E-state index in [1.54, 1.807) is 12.1 Å². The molecule has 0 atom stereocenters. The van der Waals surface area contributed by atoms with Gasteiger partial charge in [0, 0.05) is 19.0 Å². The Hall–Kier alpha value is -2.38. The topological polar surface area (TPSA) is 75.7 Å². The number of piperidine rings is 1. The number of hydrogen-bond acceptors (Lipinski definition) is 4. The van der Waals surface area contributed by atoms with Gasteiger partial charge in [0.2, 0.25) is 15.9 Å². The predicted octanol–water partition coefficient (Wildman–Crippen LogP) is 3.41. The molecule has 1 heterocycles. The fourth-order valence-corrected chi connectivity index (χ4v) is 5.01. The van der Waals surface area contributed by atoms with Crippen LogP contribution in [0, 0.1) is 5.92 Å². The van der Waals surface area contributed by atoms with E-state index in [2.05, 4.69) is 19.2 Å². The minimum absolute atomic E-state index is 0.0370. The van der Waals surface area contributed by atoms with Gasteiger partial charge in [-0.2, -0.15) is 4.31 Å². The van der Waals surface area contributed by atoms with Crippen molar-refractivity contribution in [3.05, 3.63) is 60.2 Å². The molecule has 0 bridgehead atoms. The highest BCUT2D eigenvalue weighted by Gasteiger charge is 2.32. The zero-order valence-corrected chi connectivity index (χ0v) is 18.4. The highest BCUT2D eigenvalue weighted by Crippen LogP contribution is 2.25. The minimum Gasteiger partial charge on any atom is -0.492 e. The van der Waals surface area contributed by atoms with Gasteiger partial charge in [0.1, 0.15) is 12.4 Å². The van der Waals surface area contributed by atoms with Gasteiger partial charge in [0.05, 0.1) is 11.4 Å². The van der Waals surface area contributed by atoms with Gasteiger partial charge in [-0.05, 0) is 48.6 Å². The summed E-state index contributed by atoms with van der Waals surface area (Å²) in [4.78, 5) is 12.7. The first-order valence-electron chi connectivity index (χ1n) is 10.4. The SMILES string of the molecule is CC(C)c1ccc(S(=O)(=O)N2CCC(C(=O)NCCOc3ccccc3)CC2)cc1. The lowest BCUT2D eigenvalue weighted by atomic mass is 9.97. The Morgan fingerprint density at radius 1 is 1.07 bits per heavy atom. The zero-order chi connectivity index (χ0) is 21.6. The summed E-state index contributed by atoms with van der Waals surface area (Å²) >= 11 is 0. The van der Waals surface area contributed by atoms with E-state index in [0.717, 1.165) is 11.3 Å². The van der Waals surface area contributed by atoms with Crippen molar-refractivity contribution in [2.75, 3.05) is 26.2 Å². The highest BCUT2D eigenvalue weighted by atomic mass is 32.2. The molecule has 1 N–H and O–H groups in total. The van der Waals surface area contributed by atoms with Gasteiger partial charge in [-0.1, -0.05) is 44.2 Å². The third kappa shape index (κ3) is 5.61. The molecule has 1 aliphatic heterocycles. The largest absolute Gasteiger partial charge is 0.492 e. The number of ether oxygens (including phenoxy) is 1. The molecule has 30 heavy (non-hydrogen) atoms. The summed E-state index contributed by atoms with van der Waals surface area (Å²) in [5.74, 6) is 0.919. The molecule has 0 aromatic heterocycles. The summed E-state index contributed by atoms with van der Waals surface area (Å²) in [6, 6.07) is 16.5. The molecule has 1 saturated heterocycles. The van der Waals surface area contributed by atoms with Crippen molar-refractivity contribution < 1.29 is 17.9 Å². The highest BCUT2D eigenvalue weighted by molar-refractivity contribution is 7.89. The second kappa shape index (κ2) is 10.1. The number of rotatable bonds is 8. The summed E-state index contributed by atoms with van der Waals surface area (Å²) in [5.41, 5.74) is 1.11. The van der Waals surface area contributed by atoms with Crippen molar-refractivity contribution in [1.82, 2.24) is 9.62 Å². The molecule has 0 spiro atoms. The minimum atomic E-state index is -3.52. The van der Waals surface area contributed by atoms with E-state index in [0.29, 0.717) is 49.9 Å². The van der Waals surface area contributed by atoms with E-state index in [1.165, 1.54) is 4.31 Å². The number of sulfonamides is 1. The average Bonchev–Trinajstić information content (AvgIpc) is 2.77. The summed E-state index contributed by atoms with van der Waals surface area (Å²) < 4.78 is 32.9. The number of hydrogen-bond donors (Lipinski definition) is 1. The summed E-state index contributed by atoms with van der Waals surface area (Å²) in [6.07, 6.45) is 1.05. The Labute approximate surface area is 179 Å². The monoisotopic (exact) mass is 430 g/mol. The molecule has 1 fully saturated rings. The van der Waals surface area contributed by atoms with Gasteiger partial charge >= 0.3 is 0 Å². The van der Waals surface area contributed by atoms with E-state index in [4.69, 9.17) is 4.74 Å². The van der Waals surface area contributed by atoms with E-state index in [-0.39, 0.29) is 11.8 Å². The first kappa shape index (κ1) is 22.3. The number of nitrogens with one attached hydrogen (secondary N) is 1. The van der Waals surface area contributed by atoms with Crippen LogP contribution in [0.5, 0.6) is 5.75 Å². The molecule has 162 valence electrons. The molecule has 2 aromatic rings. The number of para-hydroxylation sites is 1. The smallest absolute Gasteiger partial charge is 0.243 e. The van der Waals surface area contributed by atoms with Gasteiger partial charge in [-0.15, -0.1) is 0 Å². The molecule has 3 rings (SSSR count). The Balaban J connectivity index is 1.45. The lowest BCUT2D eigenvalue weighted by Crippen LogP contribution is -2.43. The summed E-state index contributed by atoms with van der Waals surface area (Å²) in [5, 5.41) is 2.89. The summed E-state index contributed by atoms with van der Waals surface area (Å²) in [6.45, 7) is 5.68. The molecule has 1 aliphatic rings. The zero-order valence-electron chi connectivity index (χ0n) is 17.6. The molecule has 0 radical (unpaired) electrons. The van der Waals surface area contributed by atoms with Crippen LogP contribution in [0.25, 0.3) is 0 Å². The fraction of sp³-hybridized carbons (Fsp3) is 0.435. The first-order valence-corrected chi connectivity index (χ1v) is 11.9. The molecule has 7 heteroatoms.